The van der Waals surface area contributed by atoms with Crippen LogP contribution < -0.4 is 0 Å². The van der Waals surface area contributed by atoms with Crippen molar-refractivity contribution in [3.05, 3.63) is 52.7 Å². The summed E-state index contributed by atoms with van der Waals surface area (Å²) in [6.07, 6.45) is 0. The van der Waals surface area contributed by atoms with Gasteiger partial charge in [-0.3, -0.25) is 4.79 Å². The van der Waals surface area contributed by atoms with Crippen LogP contribution in [0.5, 0.6) is 0 Å². The molecule has 0 amide bonds. The molecule has 17 heavy (non-hydrogen) atoms. The summed E-state index contributed by atoms with van der Waals surface area (Å²) < 4.78 is 14.5. The zero-order valence-electron chi connectivity index (χ0n) is 9.27. The van der Waals surface area contributed by atoms with Gasteiger partial charge in [-0.25, -0.2) is 4.39 Å². The monoisotopic (exact) mass is 266 g/mol. The second-order valence-corrected chi connectivity index (χ2v) is 6.01. The van der Waals surface area contributed by atoms with Crippen molar-refractivity contribution in [3.8, 4) is 0 Å². The fraction of sp³-hybridized carbons (Fsp3) is 0.154. The molecule has 2 aromatic rings. The van der Waals surface area contributed by atoms with Crippen LogP contribution >= 0.6 is 23.1 Å². The fourth-order valence-electron chi connectivity index (χ4n) is 1.44. The van der Waals surface area contributed by atoms with Gasteiger partial charge < -0.3 is 0 Å². The molecule has 0 saturated heterocycles. The maximum Gasteiger partial charge on any atom is 0.205 e. The first-order valence-corrected chi connectivity index (χ1v) is 7.04. The van der Waals surface area contributed by atoms with Gasteiger partial charge in [0, 0.05) is 0 Å². The first kappa shape index (κ1) is 12.3. The van der Waals surface area contributed by atoms with Crippen molar-refractivity contribution >= 4 is 28.9 Å². The molecule has 88 valence electrons. The lowest BCUT2D eigenvalue weighted by atomic mass is 10.1. The van der Waals surface area contributed by atoms with E-state index in [-0.39, 0.29) is 11.3 Å². The number of hydrogen-bond donors (Lipinski definition) is 0. The van der Waals surface area contributed by atoms with Crippen LogP contribution in [0.1, 0.15) is 22.2 Å². The standard InChI is InChI=1S/C13H11FOS2/c1-2-16-12-8-7-11(17-12)13(15)9-5-3-4-6-10(9)14/h3-8H,2H2,1H3. The number of thioether (sulfide) groups is 1. The third-order valence-electron chi connectivity index (χ3n) is 2.21. The van der Waals surface area contributed by atoms with Gasteiger partial charge in [-0.1, -0.05) is 19.1 Å². The third-order valence-corrected chi connectivity index (χ3v) is 4.40. The summed E-state index contributed by atoms with van der Waals surface area (Å²) in [6.45, 7) is 2.06. The predicted octanol–water partition coefficient (Wildman–Crippen LogP) is 4.23. The molecular formula is C13H11FOS2. The fourth-order valence-corrected chi connectivity index (χ4v) is 3.44. The maximum absolute atomic E-state index is 13.5. The van der Waals surface area contributed by atoms with Crippen molar-refractivity contribution in [2.75, 3.05) is 5.75 Å². The molecule has 0 aliphatic rings. The van der Waals surface area contributed by atoms with Crippen LogP contribution in [0.4, 0.5) is 4.39 Å². The Morgan fingerprint density at radius 3 is 2.76 bits per heavy atom. The topological polar surface area (TPSA) is 17.1 Å². The molecule has 0 atom stereocenters. The molecule has 0 aliphatic carbocycles. The van der Waals surface area contributed by atoms with E-state index in [0.717, 1.165) is 9.96 Å². The Morgan fingerprint density at radius 1 is 1.29 bits per heavy atom. The number of carbonyl (C=O) groups excluding carboxylic acids is 1. The number of rotatable bonds is 4. The largest absolute Gasteiger partial charge is 0.288 e. The van der Waals surface area contributed by atoms with E-state index in [1.54, 1.807) is 30.0 Å². The van der Waals surface area contributed by atoms with Gasteiger partial charge in [0.25, 0.3) is 0 Å². The number of hydrogen-bond acceptors (Lipinski definition) is 3. The average Bonchev–Trinajstić information content (AvgIpc) is 2.78. The Bertz CT molecular complexity index is 534. The average molecular weight is 266 g/mol. The molecule has 0 radical (unpaired) electrons. The van der Waals surface area contributed by atoms with Crippen LogP contribution in [0.2, 0.25) is 0 Å². The van der Waals surface area contributed by atoms with Crippen molar-refractivity contribution in [2.45, 2.75) is 11.1 Å². The molecule has 1 heterocycles. The van der Waals surface area contributed by atoms with E-state index in [1.807, 2.05) is 6.07 Å². The lowest BCUT2D eigenvalue weighted by Gasteiger charge is -1.99. The lowest BCUT2D eigenvalue weighted by Crippen LogP contribution is -2.01. The molecule has 0 fully saturated rings. The van der Waals surface area contributed by atoms with E-state index in [2.05, 4.69) is 6.92 Å². The van der Waals surface area contributed by atoms with Gasteiger partial charge in [-0.15, -0.1) is 23.1 Å². The van der Waals surface area contributed by atoms with Crippen LogP contribution in [0.25, 0.3) is 0 Å². The number of halogens is 1. The maximum atomic E-state index is 13.5. The van der Waals surface area contributed by atoms with E-state index in [4.69, 9.17) is 0 Å². The Morgan fingerprint density at radius 2 is 2.06 bits per heavy atom. The molecule has 1 nitrogen and oxygen atoms in total. The summed E-state index contributed by atoms with van der Waals surface area (Å²) in [5.41, 5.74) is 0.141. The molecule has 1 aromatic heterocycles. The molecule has 0 bridgehead atoms. The first-order chi connectivity index (χ1) is 8.22. The highest BCUT2D eigenvalue weighted by atomic mass is 32.2. The second-order valence-electron chi connectivity index (χ2n) is 3.36. The zero-order chi connectivity index (χ0) is 12.3. The predicted molar refractivity (Wildman–Crippen MR) is 70.5 cm³/mol. The SMILES string of the molecule is CCSc1ccc(C(=O)c2ccccc2F)s1. The minimum Gasteiger partial charge on any atom is -0.288 e. The molecule has 4 heteroatoms. The van der Waals surface area contributed by atoms with Crippen molar-refractivity contribution in [2.24, 2.45) is 0 Å². The van der Waals surface area contributed by atoms with Crippen molar-refractivity contribution in [3.63, 3.8) is 0 Å². The number of thiophene rings is 1. The molecule has 2 rings (SSSR count). The van der Waals surface area contributed by atoms with Gasteiger partial charge in [0.05, 0.1) is 14.6 Å². The molecule has 0 unspecified atom stereocenters. The minimum absolute atomic E-state index is 0.141. The Balaban J connectivity index is 2.28. The van der Waals surface area contributed by atoms with Gasteiger partial charge in [-0.05, 0) is 30.0 Å². The van der Waals surface area contributed by atoms with Crippen LogP contribution in [-0.4, -0.2) is 11.5 Å². The number of benzene rings is 1. The second kappa shape index (κ2) is 5.47. The summed E-state index contributed by atoms with van der Waals surface area (Å²) in [5.74, 6) is 0.264. The first-order valence-electron chi connectivity index (χ1n) is 5.24. The third kappa shape index (κ3) is 2.76. The van der Waals surface area contributed by atoms with Crippen molar-refractivity contribution in [1.29, 1.82) is 0 Å². The molecule has 0 aliphatic heterocycles. The van der Waals surface area contributed by atoms with Crippen LogP contribution in [-0.2, 0) is 0 Å². The van der Waals surface area contributed by atoms with Crippen LogP contribution in [0, 0.1) is 5.82 Å². The Kier molecular flexibility index (Phi) is 3.97. The van der Waals surface area contributed by atoms with Crippen molar-refractivity contribution < 1.29 is 9.18 Å². The van der Waals surface area contributed by atoms with Crippen LogP contribution in [0.15, 0.2) is 40.6 Å². The van der Waals surface area contributed by atoms with Gasteiger partial charge in [0.1, 0.15) is 5.82 Å². The summed E-state index contributed by atoms with van der Waals surface area (Å²) in [5, 5.41) is 0. The normalized spacial score (nSPS) is 10.5. The van der Waals surface area contributed by atoms with Gasteiger partial charge in [0.2, 0.25) is 5.78 Å². The Labute approximate surface area is 108 Å². The van der Waals surface area contributed by atoms with E-state index in [1.165, 1.54) is 23.5 Å². The van der Waals surface area contributed by atoms with E-state index in [9.17, 15) is 9.18 Å². The summed E-state index contributed by atoms with van der Waals surface area (Å²) in [6, 6.07) is 9.75. The van der Waals surface area contributed by atoms with Crippen molar-refractivity contribution in [1.82, 2.24) is 0 Å². The Hall–Kier alpha value is -1.13. The van der Waals surface area contributed by atoms with Gasteiger partial charge in [0.15, 0.2) is 0 Å². The quantitative estimate of drug-likeness (QED) is 0.608. The number of ketones is 1. The highest BCUT2D eigenvalue weighted by molar-refractivity contribution is 8.01. The molecular weight excluding hydrogens is 255 g/mol. The van der Waals surface area contributed by atoms with Crippen LogP contribution in [0.3, 0.4) is 0 Å². The zero-order valence-corrected chi connectivity index (χ0v) is 10.9. The molecule has 0 spiro atoms. The minimum atomic E-state index is -0.462. The van der Waals surface area contributed by atoms with Gasteiger partial charge in [-0.2, -0.15) is 0 Å². The summed E-state index contributed by atoms with van der Waals surface area (Å²) in [4.78, 5) is 12.6. The molecule has 0 saturated carbocycles. The van der Waals surface area contributed by atoms with E-state index < -0.39 is 5.82 Å². The highest BCUT2D eigenvalue weighted by Gasteiger charge is 2.15. The molecule has 0 N–H and O–H groups in total. The van der Waals surface area contributed by atoms with Gasteiger partial charge >= 0.3 is 0 Å². The van der Waals surface area contributed by atoms with E-state index >= 15 is 0 Å². The number of carbonyl (C=O) groups is 1. The summed E-state index contributed by atoms with van der Waals surface area (Å²) >= 11 is 3.10. The molecule has 1 aromatic carbocycles. The lowest BCUT2D eigenvalue weighted by molar-refractivity contribution is 0.103. The highest BCUT2D eigenvalue weighted by Crippen LogP contribution is 2.28. The smallest absolute Gasteiger partial charge is 0.205 e. The van der Waals surface area contributed by atoms with E-state index in [0.29, 0.717) is 4.88 Å². The summed E-state index contributed by atoms with van der Waals surface area (Å²) in [7, 11) is 0.